The Bertz CT molecular complexity index is 1320. The standard InChI is InChI=1S/C32H49N7O10/c1-17(2)14-20(33)28(45)36-22(11-13-25(41)42)30(47)39-27(18(3)4)32(49)38-23(15-19-8-6-5-7-9-19)31(48)37-21(10-12-24(34)40)29(46)35-16-26(43)44/h5-9,17-18,20-23,27H,10-16,33H2,1-4H3,(H2,34,40)(H,35,46)(H,36,45)(H,37,48)(H,38,49)(H,39,47)(H,41,42)(H,43,44)/t20-,21-,22-,23-,27-/m0/s1. The minimum absolute atomic E-state index is 0.0680. The molecule has 0 heterocycles. The Hall–Kier alpha value is -5.06. The molecule has 1 rings (SSSR count). The second kappa shape index (κ2) is 21.0. The highest BCUT2D eigenvalue weighted by molar-refractivity contribution is 5.96. The highest BCUT2D eigenvalue weighted by atomic mass is 16.4. The molecule has 0 unspecified atom stereocenters. The normalized spacial score (nSPS) is 14.0. The van der Waals surface area contributed by atoms with E-state index in [4.69, 9.17) is 16.6 Å². The van der Waals surface area contributed by atoms with Gasteiger partial charge in [-0.05, 0) is 36.7 Å². The molecule has 49 heavy (non-hydrogen) atoms. The van der Waals surface area contributed by atoms with Crippen LogP contribution in [-0.2, 0) is 44.8 Å². The number of carbonyl (C=O) groups excluding carboxylic acids is 6. The van der Waals surface area contributed by atoms with Crippen LogP contribution in [0.3, 0.4) is 0 Å². The molecule has 17 nitrogen and oxygen atoms in total. The third-order valence-electron chi connectivity index (χ3n) is 7.23. The summed E-state index contributed by atoms with van der Waals surface area (Å²) in [6, 6.07) is 2.27. The topological polar surface area (TPSA) is 289 Å². The Morgan fingerprint density at radius 3 is 1.73 bits per heavy atom. The van der Waals surface area contributed by atoms with E-state index in [1.54, 1.807) is 44.2 Å². The molecule has 0 radical (unpaired) electrons. The summed E-state index contributed by atoms with van der Waals surface area (Å²) in [6.45, 7) is 6.20. The first-order valence-electron chi connectivity index (χ1n) is 15.9. The fourth-order valence-electron chi connectivity index (χ4n) is 4.65. The van der Waals surface area contributed by atoms with Crippen LogP contribution in [0.25, 0.3) is 0 Å². The van der Waals surface area contributed by atoms with Gasteiger partial charge in [0.1, 0.15) is 30.7 Å². The van der Waals surface area contributed by atoms with E-state index >= 15 is 0 Å². The highest BCUT2D eigenvalue weighted by Gasteiger charge is 2.33. The maximum absolute atomic E-state index is 13.7. The number of carbonyl (C=O) groups is 8. The smallest absolute Gasteiger partial charge is 0.322 e. The molecular weight excluding hydrogens is 642 g/mol. The summed E-state index contributed by atoms with van der Waals surface area (Å²) in [5.41, 5.74) is 11.8. The average molecular weight is 692 g/mol. The zero-order chi connectivity index (χ0) is 37.3. The molecule has 6 amide bonds. The lowest BCUT2D eigenvalue weighted by atomic mass is 9.99. The van der Waals surface area contributed by atoms with Crippen molar-refractivity contribution >= 4 is 47.4 Å². The van der Waals surface area contributed by atoms with Gasteiger partial charge in [0.2, 0.25) is 35.4 Å². The van der Waals surface area contributed by atoms with E-state index in [1.165, 1.54) is 0 Å². The predicted molar refractivity (Wildman–Crippen MR) is 176 cm³/mol. The van der Waals surface area contributed by atoms with Crippen LogP contribution in [0.5, 0.6) is 0 Å². The van der Waals surface area contributed by atoms with Crippen molar-refractivity contribution in [2.75, 3.05) is 6.54 Å². The number of carboxylic acids is 2. The van der Waals surface area contributed by atoms with Crippen LogP contribution < -0.4 is 38.1 Å². The van der Waals surface area contributed by atoms with Crippen LogP contribution in [0.4, 0.5) is 0 Å². The molecule has 1 aromatic rings. The van der Waals surface area contributed by atoms with Gasteiger partial charge in [0.15, 0.2) is 0 Å². The molecule has 0 saturated carbocycles. The van der Waals surface area contributed by atoms with E-state index in [-0.39, 0.29) is 31.6 Å². The van der Waals surface area contributed by atoms with Crippen molar-refractivity contribution in [2.45, 2.75) is 96.4 Å². The van der Waals surface area contributed by atoms with Crippen molar-refractivity contribution in [3.8, 4) is 0 Å². The number of nitrogens with two attached hydrogens (primary N) is 2. The molecule has 0 aliphatic rings. The monoisotopic (exact) mass is 691 g/mol. The van der Waals surface area contributed by atoms with E-state index in [0.717, 1.165) is 0 Å². The van der Waals surface area contributed by atoms with Crippen LogP contribution in [0.2, 0.25) is 0 Å². The van der Waals surface area contributed by atoms with Crippen molar-refractivity contribution in [1.29, 1.82) is 0 Å². The van der Waals surface area contributed by atoms with Gasteiger partial charge in [-0.15, -0.1) is 0 Å². The largest absolute Gasteiger partial charge is 0.481 e. The zero-order valence-corrected chi connectivity index (χ0v) is 28.2. The van der Waals surface area contributed by atoms with Gasteiger partial charge in [-0.2, -0.15) is 0 Å². The van der Waals surface area contributed by atoms with Gasteiger partial charge in [-0.3, -0.25) is 38.4 Å². The number of rotatable bonds is 22. The lowest BCUT2D eigenvalue weighted by Gasteiger charge is -2.28. The summed E-state index contributed by atoms with van der Waals surface area (Å²) in [6.07, 6.45) is -1.08. The minimum Gasteiger partial charge on any atom is -0.481 e. The number of hydrogen-bond acceptors (Lipinski definition) is 9. The van der Waals surface area contributed by atoms with Crippen molar-refractivity contribution in [1.82, 2.24) is 26.6 Å². The highest BCUT2D eigenvalue weighted by Crippen LogP contribution is 2.10. The molecule has 272 valence electrons. The first-order valence-corrected chi connectivity index (χ1v) is 15.9. The number of amides is 6. The first kappa shape index (κ1) is 42.0. The van der Waals surface area contributed by atoms with Crippen molar-refractivity contribution in [3.05, 3.63) is 35.9 Å². The minimum atomic E-state index is -1.38. The Balaban J connectivity index is 3.29. The lowest BCUT2D eigenvalue weighted by molar-refractivity contribution is -0.139. The number of hydrogen-bond donors (Lipinski definition) is 9. The molecule has 0 aromatic heterocycles. The predicted octanol–water partition coefficient (Wildman–Crippen LogP) is -1.47. The van der Waals surface area contributed by atoms with Gasteiger partial charge < -0.3 is 48.3 Å². The first-order chi connectivity index (χ1) is 22.9. The van der Waals surface area contributed by atoms with Gasteiger partial charge in [-0.1, -0.05) is 58.0 Å². The Morgan fingerprint density at radius 1 is 0.673 bits per heavy atom. The van der Waals surface area contributed by atoms with Gasteiger partial charge in [0.25, 0.3) is 0 Å². The van der Waals surface area contributed by atoms with E-state index in [1.807, 2.05) is 13.8 Å². The number of nitrogens with one attached hydrogen (secondary N) is 5. The van der Waals surface area contributed by atoms with Gasteiger partial charge in [0.05, 0.1) is 6.04 Å². The van der Waals surface area contributed by atoms with Crippen LogP contribution in [0.15, 0.2) is 30.3 Å². The van der Waals surface area contributed by atoms with Crippen LogP contribution >= 0.6 is 0 Å². The van der Waals surface area contributed by atoms with Crippen molar-refractivity contribution in [2.24, 2.45) is 23.3 Å². The molecule has 0 fully saturated rings. The SMILES string of the molecule is CC(C)C[C@H](N)C(=O)N[C@@H](CCC(=O)O)C(=O)N[C@H](C(=O)N[C@@H](Cc1ccccc1)C(=O)N[C@@H](CCC(N)=O)C(=O)NCC(=O)O)C(C)C. The number of benzene rings is 1. The Labute approximate surface area is 284 Å². The van der Waals surface area contributed by atoms with E-state index in [9.17, 15) is 43.5 Å². The summed E-state index contributed by atoms with van der Waals surface area (Å²) in [5, 5.41) is 30.4. The quantitative estimate of drug-likeness (QED) is 0.0676. The van der Waals surface area contributed by atoms with Crippen LogP contribution in [-0.4, -0.2) is 94.3 Å². The van der Waals surface area contributed by atoms with Gasteiger partial charge >= 0.3 is 11.9 Å². The van der Waals surface area contributed by atoms with Crippen LogP contribution in [0, 0.1) is 11.8 Å². The number of carboxylic acid groups (broad SMARTS) is 2. The molecule has 5 atom stereocenters. The second-order valence-corrected chi connectivity index (χ2v) is 12.4. The van der Waals surface area contributed by atoms with E-state index in [2.05, 4.69) is 26.6 Å². The van der Waals surface area contributed by atoms with Crippen molar-refractivity contribution < 1.29 is 48.6 Å². The molecule has 11 N–H and O–H groups in total. The third-order valence-corrected chi connectivity index (χ3v) is 7.23. The van der Waals surface area contributed by atoms with Gasteiger partial charge in [-0.25, -0.2) is 0 Å². The molecule has 0 saturated heterocycles. The fourth-order valence-corrected chi connectivity index (χ4v) is 4.65. The Kier molecular flexibility index (Phi) is 18.0. The lowest BCUT2D eigenvalue weighted by Crippen LogP contribution is -2.60. The second-order valence-electron chi connectivity index (χ2n) is 12.4. The molecule has 1 aromatic carbocycles. The van der Waals surface area contributed by atoms with Crippen LogP contribution in [0.1, 0.15) is 65.4 Å². The maximum Gasteiger partial charge on any atom is 0.322 e. The summed E-state index contributed by atoms with van der Waals surface area (Å²) in [5.74, 6) is -7.86. The third kappa shape index (κ3) is 16.6. The van der Waals surface area contributed by atoms with Gasteiger partial charge in [0, 0.05) is 19.3 Å². The maximum atomic E-state index is 13.7. The number of primary amides is 1. The fraction of sp³-hybridized carbons (Fsp3) is 0.562. The number of aliphatic carboxylic acids is 2. The van der Waals surface area contributed by atoms with E-state index < -0.39 is 96.5 Å². The molecule has 0 aliphatic carbocycles. The average Bonchev–Trinajstić information content (AvgIpc) is 3.01. The zero-order valence-electron chi connectivity index (χ0n) is 28.2. The summed E-state index contributed by atoms with van der Waals surface area (Å²) in [4.78, 5) is 99.7. The summed E-state index contributed by atoms with van der Waals surface area (Å²) >= 11 is 0. The molecule has 0 bridgehead atoms. The molecule has 17 heteroatoms. The molecule has 0 spiro atoms. The molecule has 0 aliphatic heterocycles. The summed E-state index contributed by atoms with van der Waals surface area (Å²) in [7, 11) is 0. The molecular formula is C32H49N7O10. The summed E-state index contributed by atoms with van der Waals surface area (Å²) < 4.78 is 0. The van der Waals surface area contributed by atoms with E-state index in [0.29, 0.717) is 12.0 Å². The Morgan fingerprint density at radius 2 is 1.20 bits per heavy atom. The van der Waals surface area contributed by atoms with Crippen molar-refractivity contribution in [3.63, 3.8) is 0 Å².